The molecule has 3 aliphatic rings. The van der Waals surface area contributed by atoms with Crippen LogP contribution < -0.4 is 19.7 Å². The molecule has 5 rings (SSSR count). The first kappa shape index (κ1) is 37.1. The fraction of sp³-hybridized carbons (Fsp3) is 0.568. The van der Waals surface area contributed by atoms with Gasteiger partial charge in [0, 0.05) is 36.8 Å². The smallest absolute Gasteiger partial charge is 0.264 e. The Balaban J connectivity index is 1.46. The molecule has 0 spiro atoms. The summed E-state index contributed by atoms with van der Waals surface area (Å²) in [5, 5.41) is 2.89. The van der Waals surface area contributed by atoms with E-state index in [-0.39, 0.29) is 36.0 Å². The van der Waals surface area contributed by atoms with Gasteiger partial charge in [-0.25, -0.2) is 13.1 Å². The van der Waals surface area contributed by atoms with Crippen LogP contribution in [0, 0.1) is 11.8 Å². The summed E-state index contributed by atoms with van der Waals surface area (Å²) in [5.74, 6) is 0.309. The fourth-order valence-electron chi connectivity index (χ4n) is 6.94. The van der Waals surface area contributed by atoms with E-state index in [0.29, 0.717) is 49.7 Å². The lowest BCUT2D eigenvalue weighted by Gasteiger charge is -2.44. The molecular weight excluding hydrogens is 664 g/mol. The number of aryl methyl sites for hydroxylation is 1. The summed E-state index contributed by atoms with van der Waals surface area (Å²) in [6, 6.07) is 11.1. The Morgan fingerprint density at radius 1 is 1.12 bits per heavy atom. The minimum Gasteiger partial charge on any atom is -0.487 e. The number of benzene rings is 2. The lowest BCUT2D eigenvalue weighted by Crippen LogP contribution is -2.45. The van der Waals surface area contributed by atoms with Gasteiger partial charge in [-0.05, 0) is 119 Å². The molecule has 0 radical (unpaired) electrons. The third-order valence-corrected chi connectivity index (χ3v) is 12.1. The van der Waals surface area contributed by atoms with Gasteiger partial charge in [-0.2, -0.15) is 0 Å². The Bertz CT molecular complexity index is 1600. The number of ether oxygens (including phenoxy) is 2. The summed E-state index contributed by atoms with van der Waals surface area (Å²) in [7, 11) is -0.0125. The average Bonchev–Trinajstić information content (AvgIpc) is 3.07. The minimum absolute atomic E-state index is 0.0437. The molecule has 1 aliphatic carbocycles. The van der Waals surface area contributed by atoms with Crippen LogP contribution in [0.25, 0.3) is 0 Å². The molecule has 2 aromatic carbocycles. The average molecular weight is 715 g/mol. The van der Waals surface area contributed by atoms with Crippen LogP contribution in [0.2, 0.25) is 5.02 Å². The number of halogens is 1. The van der Waals surface area contributed by atoms with E-state index in [2.05, 4.69) is 14.9 Å². The summed E-state index contributed by atoms with van der Waals surface area (Å²) in [5.41, 5.74) is 3.26. The number of hydrogen-bond donors (Lipinski definition) is 2. The molecule has 0 aromatic heterocycles. The first-order valence-corrected chi connectivity index (χ1v) is 19.5. The standard InChI is InChI=1S/C37H51ClN4O6S/c1-4-31-10-5-6-11-34(48-25-36(43)39-18-20-41(2)3)32-16-13-28(32)23-42-19-8-7-9-26-21-30(38)15-12-29(26)24-47-35-17-14-27(22-33(35)42)37(44)40-49(31,45)46/h6,11-12,14-15,17,21-22,28,31-32,34H,4-5,7-10,13,16,18-20,23-25H2,1-3H3,(H,39,43)(H,40,44)/b11-6+/t28-,31+,32+,34-/m0/s1. The van der Waals surface area contributed by atoms with Gasteiger partial charge < -0.3 is 24.6 Å². The molecule has 10 nitrogen and oxygen atoms in total. The van der Waals surface area contributed by atoms with Gasteiger partial charge in [0.05, 0.1) is 17.0 Å². The Labute approximate surface area is 296 Å². The van der Waals surface area contributed by atoms with Crippen molar-refractivity contribution in [3.63, 3.8) is 0 Å². The van der Waals surface area contributed by atoms with Crippen molar-refractivity contribution in [3.05, 3.63) is 70.3 Å². The maximum atomic E-state index is 13.5. The van der Waals surface area contributed by atoms with E-state index in [1.54, 1.807) is 18.2 Å². The molecule has 2 N–H and O–H groups in total. The van der Waals surface area contributed by atoms with Crippen molar-refractivity contribution in [2.24, 2.45) is 11.8 Å². The number of allylic oxidation sites excluding steroid dienone is 1. The fourth-order valence-corrected chi connectivity index (χ4v) is 8.57. The summed E-state index contributed by atoms with van der Waals surface area (Å²) in [4.78, 5) is 30.4. The number of rotatable bonds is 7. The van der Waals surface area contributed by atoms with Gasteiger partial charge in [0.2, 0.25) is 15.9 Å². The quantitative estimate of drug-likeness (QED) is 0.370. The monoisotopic (exact) mass is 714 g/mol. The normalized spacial score (nSPS) is 25.0. The zero-order valence-corrected chi connectivity index (χ0v) is 30.5. The van der Waals surface area contributed by atoms with Crippen LogP contribution in [0.1, 0.15) is 73.4 Å². The van der Waals surface area contributed by atoms with Gasteiger partial charge in [-0.15, -0.1) is 0 Å². The lowest BCUT2D eigenvalue weighted by molar-refractivity contribution is -0.129. The Kier molecular flexibility index (Phi) is 13.0. The molecule has 2 amide bonds. The van der Waals surface area contributed by atoms with Gasteiger partial charge in [0.15, 0.2) is 0 Å². The predicted octanol–water partition coefficient (Wildman–Crippen LogP) is 5.34. The molecule has 1 fully saturated rings. The summed E-state index contributed by atoms with van der Waals surface area (Å²) < 4.78 is 41.9. The van der Waals surface area contributed by atoms with Crippen LogP contribution in [-0.2, 0) is 32.6 Å². The minimum atomic E-state index is -3.93. The van der Waals surface area contributed by atoms with Gasteiger partial charge in [0.25, 0.3) is 5.91 Å². The SMILES string of the molecule is CC[C@@H]1CC/C=C/[C@H](OCC(=O)NCCN(C)C)[C@@H]2CC[C@H]2CN2CCCCc3cc(Cl)ccc3COc3ccc(cc32)C(=O)NS1(=O)=O. The number of fused-ring (bicyclic) bond motifs is 3. The maximum absolute atomic E-state index is 13.5. The Morgan fingerprint density at radius 3 is 2.71 bits per heavy atom. The van der Waals surface area contributed by atoms with E-state index in [9.17, 15) is 18.0 Å². The summed E-state index contributed by atoms with van der Waals surface area (Å²) in [6.45, 7) is 4.84. The van der Waals surface area contributed by atoms with Crippen molar-refractivity contribution in [1.82, 2.24) is 14.9 Å². The predicted molar refractivity (Wildman–Crippen MR) is 194 cm³/mol. The Hall–Kier alpha value is -3.12. The number of sulfonamides is 1. The van der Waals surface area contributed by atoms with Gasteiger partial charge >= 0.3 is 0 Å². The third kappa shape index (κ3) is 9.99. The van der Waals surface area contributed by atoms with Gasteiger partial charge in [0.1, 0.15) is 19.0 Å². The zero-order chi connectivity index (χ0) is 35.0. The zero-order valence-electron chi connectivity index (χ0n) is 29.0. The van der Waals surface area contributed by atoms with Crippen molar-refractivity contribution < 1.29 is 27.5 Å². The van der Waals surface area contributed by atoms with Crippen LogP contribution in [-0.4, -0.2) is 83.4 Å². The van der Waals surface area contributed by atoms with Crippen LogP contribution in [0.4, 0.5) is 5.69 Å². The maximum Gasteiger partial charge on any atom is 0.264 e. The van der Waals surface area contributed by atoms with E-state index in [1.165, 1.54) is 0 Å². The van der Waals surface area contributed by atoms with Gasteiger partial charge in [-0.1, -0.05) is 36.7 Å². The van der Waals surface area contributed by atoms with Crippen LogP contribution >= 0.6 is 11.6 Å². The van der Waals surface area contributed by atoms with Gasteiger partial charge in [-0.3, -0.25) is 9.59 Å². The van der Waals surface area contributed by atoms with Crippen LogP contribution in [0.15, 0.2) is 48.6 Å². The molecule has 2 bridgehead atoms. The van der Waals surface area contributed by atoms with E-state index < -0.39 is 21.2 Å². The second kappa shape index (κ2) is 17.2. The van der Waals surface area contributed by atoms with E-state index in [1.807, 2.05) is 56.3 Å². The van der Waals surface area contributed by atoms with Crippen molar-refractivity contribution in [1.29, 1.82) is 0 Å². The second-order valence-corrected chi connectivity index (χ2v) is 16.1. The van der Waals surface area contributed by atoms with Crippen LogP contribution in [0.5, 0.6) is 5.75 Å². The summed E-state index contributed by atoms with van der Waals surface area (Å²) >= 11 is 6.35. The number of amides is 2. The molecule has 2 aromatic rings. The number of likely N-dealkylation sites (N-methyl/N-ethyl adjacent to an activating group) is 1. The van der Waals surface area contributed by atoms with Crippen molar-refractivity contribution in [3.8, 4) is 5.75 Å². The number of hydrogen-bond acceptors (Lipinski definition) is 8. The summed E-state index contributed by atoms with van der Waals surface area (Å²) in [6.07, 6.45) is 9.64. The van der Waals surface area contributed by atoms with Crippen molar-refractivity contribution in [2.45, 2.75) is 76.3 Å². The highest BCUT2D eigenvalue weighted by Gasteiger charge is 2.38. The first-order valence-electron chi connectivity index (χ1n) is 17.6. The molecule has 0 unspecified atom stereocenters. The largest absolute Gasteiger partial charge is 0.487 e. The number of carbonyl (C=O) groups excluding carboxylic acids is 2. The molecule has 4 atom stereocenters. The molecule has 268 valence electrons. The van der Waals surface area contributed by atoms with Crippen molar-refractivity contribution in [2.75, 3.05) is 51.8 Å². The number of carbonyl (C=O) groups is 2. The highest BCUT2D eigenvalue weighted by molar-refractivity contribution is 7.90. The topological polar surface area (TPSA) is 117 Å². The van der Waals surface area contributed by atoms with Crippen molar-refractivity contribution >= 4 is 39.1 Å². The number of nitrogens with one attached hydrogen (secondary N) is 2. The molecule has 0 saturated heterocycles. The first-order chi connectivity index (χ1) is 23.5. The molecule has 12 heteroatoms. The molecule has 2 aliphatic heterocycles. The van der Waals surface area contributed by atoms with E-state index in [4.69, 9.17) is 21.1 Å². The van der Waals surface area contributed by atoms with E-state index in [0.717, 1.165) is 62.0 Å². The van der Waals surface area contributed by atoms with Crippen LogP contribution in [0.3, 0.4) is 0 Å². The number of nitrogens with zero attached hydrogens (tertiary/aromatic N) is 2. The second-order valence-electron chi connectivity index (χ2n) is 13.7. The molecular formula is C37H51ClN4O6S. The highest BCUT2D eigenvalue weighted by Crippen LogP contribution is 2.42. The molecule has 2 heterocycles. The third-order valence-electron chi connectivity index (χ3n) is 9.99. The molecule has 1 saturated carbocycles. The molecule has 49 heavy (non-hydrogen) atoms. The highest BCUT2D eigenvalue weighted by atomic mass is 35.5. The number of anilines is 1. The van der Waals surface area contributed by atoms with E-state index >= 15 is 0 Å². The lowest BCUT2D eigenvalue weighted by atomic mass is 9.70. The Morgan fingerprint density at radius 2 is 1.96 bits per heavy atom.